The van der Waals surface area contributed by atoms with Crippen molar-refractivity contribution in [2.45, 2.75) is 0 Å². The molecule has 12 aromatic rings. The van der Waals surface area contributed by atoms with E-state index < -0.39 is 0 Å². The third-order valence-electron chi connectivity index (χ3n) is 11.9. The molecule has 274 valence electrons. The summed E-state index contributed by atoms with van der Waals surface area (Å²) in [6, 6.07) is 73.5. The molecule has 2 aromatic heterocycles. The second-order valence-corrected chi connectivity index (χ2v) is 15.3. The van der Waals surface area contributed by atoms with E-state index in [4.69, 9.17) is 14.4 Å². The molecule has 2 heterocycles. The van der Waals surface area contributed by atoms with Gasteiger partial charge < -0.3 is 4.42 Å². The molecule has 10 aromatic carbocycles. The Kier molecular flexibility index (Phi) is 7.54. The number of hydrogen-bond acceptors (Lipinski definition) is 3. The minimum atomic E-state index is 0.690. The Balaban J connectivity index is 1.05. The molecule has 0 unspecified atom stereocenters. The molecule has 0 saturated heterocycles. The first-order valence-electron chi connectivity index (χ1n) is 20.1. The van der Waals surface area contributed by atoms with Gasteiger partial charge in [-0.05, 0) is 102 Å². The van der Waals surface area contributed by atoms with Gasteiger partial charge in [0.15, 0.2) is 5.82 Å². The lowest BCUT2D eigenvalue weighted by Crippen LogP contribution is -1.97. The standard InChI is InChI=1S/C56H34N2O/c1-2-14-36(15-3-1)56-57-51(40-18-12-17-37(31-40)38-26-30-54-50(32-38)46-23-10-11-24-53(46)59-54)34-52(58-56)45-28-29-47(44-22-9-8-21-43(44)45)55-42-20-7-5-16-39(42)33-49-41-19-6-4-13-35(41)25-27-48(49)55/h1-34H. The summed E-state index contributed by atoms with van der Waals surface area (Å²) in [6.07, 6.45) is 0. The van der Waals surface area contributed by atoms with Gasteiger partial charge in [-0.2, -0.15) is 0 Å². The van der Waals surface area contributed by atoms with Crippen LogP contribution >= 0.6 is 0 Å². The predicted octanol–water partition coefficient (Wildman–Crippen LogP) is 15.3. The van der Waals surface area contributed by atoms with E-state index in [2.05, 4.69) is 176 Å². The van der Waals surface area contributed by atoms with E-state index in [1.807, 2.05) is 30.3 Å². The number of nitrogens with zero attached hydrogens (tertiary/aromatic N) is 2. The van der Waals surface area contributed by atoms with Gasteiger partial charge in [0.25, 0.3) is 0 Å². The lowest BCUT2D eigenvalue weighted by atomic mass is 9.86. The van der Waals surface area contributed by atoms with E-state index >= 15 is 0 Å². The van der Waals surface area contributed by atoms with E-state index in [1.54, 1.807) is 0 Å². The summed E-state index contributed by atoms with van der Waals surface area (Å²) in [4.78, 5) is 10.5. The molecule has 0 spiro atoms. The van der Waals surface area contributed by atoms with Gasteiger partial charge in [0.05, 0.1) is 11.4 Å². The highest BCUT2D eigenvalue weighted by molar-refractivity contribution is 6.23. The summed E-state index contributed by atoms with van der Waals surface area (Å²) in [5, 5.41) is 12.0. The van der Waals surface area contributed by atoms with Crippen LogP contribution in [0.15, 0.2) is 211 Å². The lowest BCUT2D eigenvalue weighted by molar-refractivity contribution is 0.669. The Hall–Kier alpha value is -7.88. The van der Waals surface area contributed by atoms with E-state index in [1.165, 1.54) is 48.8 Å². The SMILES string of the molecule is c1ccc(-c2nc(-c3cccc(-c4ccc5oc6ccccc6c5c4)c3)cc(-c3ccc(-c4c5ccccc5cc5c4ccc4ccccc45)c4ccccc34)n2)cc1. The van der Waals surface area contributed by atoms with Crippen LogP contribution in [0.4, 0.5) is 0 Å². The second-order valence-electron chi connectivity index (χ2n) is 15.3. The van der Waals surface area contributed by atoms with Gasteiger partial charge in [-0.25, -0.2) is 9.97 Å². The smallest absolute Gasteiger partial charge is 0.160 e. The summed E-state index contributed by atoms with van der Waals surface area (Å²) in [7, 11) is 0. The van der Waals surface area contributed by atoms with Gasteiger partial charge in [0, 0.05) is 27.5 Å². The van der Waals surface area contributed by atoms with Gasteiger partial charge in [-0.3, -0.25) is 0 Å². The number of benzene rings is 10. The maximum absolute atomic E-state index is 6.15. The third kappa shape index (κ3) is 5.51. The van der Waals surface area contributed by atoms with Crippen LogP contribution in [-0.4, -0.2) is 9.97 Å². The zero-order chi connectivity index (χ0) is 38.9. The number of rotatable bonds is 5. The highest BCUT2D eigenvalue weighted by atomic mass is 16.3. The molecule has 0 aliphatic heterocycles. The minimum absolute atomic E-state index is 0.690. The lowest BCUT2D eigenvalue weighted by Gasteiger charge is -2.17. The molecule has 0 atom stereocenters. The van der Waals surface area contributed by atoms with E-state index in [9.17, 15) is 0 Å². The van der Waals surface area contributed by atoms with Crippen LogP contribution in [0.25, 0.3) is 121 Å². The monoisotopic (exact) mass is 750 g/mol. The number of fused-ring (bicyclic) bond motifs is 8. The summed E-state index contributed by atoms with van der Waals surface area (Å²) in [5.74, 6) is 0.690. The number of para-hydroxylation sites is 1. The van der Waals surface area contributed by atoms with Gasteiger partial charge in [-0.1, -0.05) is 170 Å². The molecular formula is C56H34N2O. The maximum Gasteiger partial charge on any atom is 0.160 e. The number of aromatic nitrogens is 2. The van der Waals surface area contributed by atoms with Crippen molar-refractivity contribution in [1.29, 1.82) is 0 Å². The third-order valence-corrected chi connectivity index (χ3v) is 11.9. The fraction of sp³-hybridized carbons (Fsp3) is 0. The Morgan fingerprint density at radius 1 is 0.288 bits per heavy atom. The average molecular weight is 751 g/mol. The number of furan rings is 1. The highest BCUT2D eigenvalue weighted by Gasteiger charge is 2.19. The number of hydrogen-bond donors (Lipinski definition) is 0. The molecular weight excluding hydrogens is 717 g/mol. The summed E-state index contributed by atoms with van der Waals surface area (Å²) < 4.78 is 6.15. The van der Waals surface area contributed by atoms with Gasteiger partial charge in [0.1, 0.15) is 11.2 Å². The van der Waals surface area contributed by atoms with Crippen molar-refractivity contribution in [2.75, 3.05) is 0 Å². The summed E-state index contributed by atoms with van der Waals surface area (Å²) >= 11 is 0. The van der Waals surface area contributed by atoms with Crippen molar-refractivity contribution in [3.05, 3.63) is 206 Å². The van der Waals surface area contributed by atoms with Crippen LogP contribution in [0.1, 0.15) is 0 Å². The van der Waals surface area contributed by atoms with E-state index in [-0.39, 0.29) is 0 Å². The fourth-order valence-electron chi connectivity index (χ4n) is 9.06. The predicted molar refractivity (Wildman–Crippen MR) is 247 cm³/mol. The normalized spacial score (nSPS) is 11.7. The molecule has 0 radical (unpaired) electrons. The van der Waals surface area contributed by atoms with Gasteiger partial charge in [0.2, 0.25) is 0 Å². The molecule has 0 N–H and O–H groups in total. The Labute approximate surface area is 340 Å². The first-order valence-corrected chi connectivity index (χ1v) is 20.1. The highest BCUT2D eigenvalue weighted by Crippen LogP contribution is 2.44. The molecule has 0 aliphatic rings. The molecule has 0 aliphatic carbocycles. The van der Waals surface area contributed by atoms with Crippen molar-refractivity contribution < 1.29 is 4.42 Å². The molecule has 3 heteroatoms. The molecule has 12 rings (SSSR count). The van der Waals surface area contributed by atoms with Crippen LogP contribution in [0.3, 0.4) is 0 Å². The Morgan fingerprint density at radius 3 is 1.78 bits per heavy atom. The minimum Gasteiger partial charge on any atom is -0.456 e. The topological polar surface area (TPSA) is 38.9 Å². The van der Waals surface area contributed by atoms with Crippen molar-refractivity contribution in [3.8, 4) is 56.2 Å². The summed E-state index contributed by atoms with van der Waals surface area (Å²) in [5.41, 5.74) is 11.3. The molecule has 0 saturated carbocycles. The first-order chi connectivity index (χ1) is 29.2. The molecule has 59 heavy (non-hydrogen) atoms. The molecule has 0 bridgehead atoms. The largest absolute Gasteiger partial charge is 0.456 e. The maximum atomic E-state index is 6.15. The molecule has 3 nitrogen and oxygen atoms in total. The van der Waals surface area contributed by atoms with Crippen molar-refractivity contribution in [3.63, 3.8) is 0 Å². The van der Waals surface area contributed by atoms with E-state index in [0.29, 0.717) is 5.82 Å². The van der Waals surface area contributed by atoms with E-state index in [0.717, 1.165) is 66.5 Å². The first kappa shape index (κ1) is 33.3. The zero-order valence-corrected chi connectivity index (χ0v) is 31.9. The van der Waals surface area contributed by atoms with Crippen LogP contribution < -0.4 is 0 Å². The van der Waals surface area contributed by atoms with Crippen molar-refractivity contribution in [1.82, 2.24) is 9.97 Å². The molecule has 0 fully saturated rings. The zero-order valence-electron chi connectivity index (χ0n) is 31.9. The average Bonchev–Trinajstić information content (AvgIpc) is 3.69. The second kappa shape index (κ2) is 13.4. The van der Waals surface area contributed by atoms with Crippen LogP contribution in [0.2, 0.25) is 0 Å². The van der Waals surface area contributed by atoms with Crippen molar-refractivity contribution >= 4 is 65.0 Å². The van der Waals surface area contributed by atoms with Crippen molar-refractivity contribution in [2.24, 2.45) is 0 Å². The fourth-order valence-corrected chi connectivity index (χ4v) is 9.06. The molecule has 0 amide bonds. The Morgan fingerprint density at radius 2 is 0.915 bits per heavy atom. The van der Waals surface area contributed by atoms with Gasteiger partial charge >= 0.3 is 0 Å². The summed E-state index contributed by atoms with van der Waals surface area (Å²) in [6.45, 7) is 0. The van der Waals surface area contributed by atoms with Crippen LogP contribution in [0, 0.1) is 0 Å². The van der Waals surface area contributed by atoms with Gasteiger partial charge in [-0.15, -0.1) is 0 Å². The van der Waals surface area contributed by atoms with Crippen LogP contribution in [0.5, 0.6) is 0 Å². The Bertz CT molecular complexity index is 3620. The quantitative estimate of drug-likeness (QED) is 0.130. The van der Waals surface area contributed by atoms with Crippen LogP contribution in [-0.2, 0) is 0 Å².